The minimum absolute atomic E-state index is 0.217. The summed E-state index contributed by atoms with van der Waals surface area (Å²) >= 11 is 2.45. The van der Waals surface area contributed by atoms with Crippen LogP contribution in [0.5, 0.6) is 5.75 Å². The minimum atomic E-state index is -0.449. The van der Waals surface area contributed by atoms with Crippen LogP contribution >= 0.6 is 23.5 Å². The number of thioether (sulfide) groups is 2. The zero-order chi connectivity index (χ0) is 26.4. The molecule has 0 aromatic heterocycles. The summed E-state index contributed by atoms with van der Waals surface area (Å²) in [7, 11) is 1.62. The Morgan fingerprint density at radius 2 is 1.82 bits per heavy atom. The van der Waals surface area contributed by atoms with Crippen molar-refractivity contribution in [1.82, 2.24) is 4.90 Å². The maximum Gasteiger partial charge on any atom is 0.294 e. The molecule has 1 N–H and O–H groups in total. The Morgan fingerprint density at radius 1 is 1.11 bits per heavy atom. The van der Waals surface area contributed by atoms with Crippen molar-refractivity contribution in [3.05, 3.63) is 58.5 Å². The van der Waals surface area contributed by atoms with Gasteiger partial charge in [-0.2, -0.15) is 0 Å². The van der Waals surface area contributed by atoms with Crippen molar-refractivity contribution in [3.63, 3.8) is 0 Å². The van der Waals surface area contributed by atoms with E-state index in [4.69, 9.17) is 4.74 Å². The molecule has 4 aliphatic carbocycles. The zero-order valence-electron chi connectivity index (χ0n) is 21.7. The van der Waals surface area contributed by atoms with Crippen molar-refractivity contribution in [2.45, 2.75) is 48.8 Å². The summed E-state index contributed by atoms with van der Waals surface area (Å²) in [5.41, 5.74) is 2.99. The van der Waals surface area contributed by atoms with Crippen LogP contribution < -0.4 is 10.1 Å². The van der Waals surface area contributed by atoms with Crippen LogP contribution in [0.4, 0.5) is 10.5 Å². The van der Waals surface area contributed by atoms with E-state index < -0.39 is 17.1 Å². The molecular weight excluding hydrogens is 516 g/mol. The van der Waals surface area contributed by atoms with Crippen LogP contribution in [0.15, 0.2) is 52.3 Å². The molecular formula is C30H32N2O4S2. The van der Waals surface area contributed by atoms with Gasteiger partial charge in [-0.3, -0.25) is 19.3 Å². The number of nitrogens with zero attached hydrogens (tertiary/aromatic N) is 1. The molecule has 0 unspecified atom stereocenters. The van der Waals surface area contributed by atoms with Gasteiger partial charge in [0.25, 0.3) is 11.1 Å². The molecule has 8 heteroatoms. The van der Waals surface area contributed by atoms with Crippen molar-refractivity contribution in [2.24, 2.45) is 17.8 Å². The first-order chi connectivity index (χ1) is 18.4. The molecule has 1 aliphatic heterocycles. The molecule has 0 radical (unpaired) electrons. The van der Waals surface area contributed by atoms with Gasteiger partial charge in [0.2, 0.25) is 5.91 Å². The first-order valence-electron chi connectivity index (χ1n) is 13.2. The van der Waals surface area contributed by atoms with Gasteiger partial charge in [-0.15, -0.1) is 11.8 Å². The van der Waals surface area contributed by atoms with Crippen molar-refractivity contribution in [1.29, 1.82) is 0 Å². The molecule has 4 bridgehead atoms. The van der Waals surface area contributed by atoms with Gasteiger partial charge in [-0.1, -0.05) is 12.1 Å². The lowest BCUT2D eigenvalue weighted by Crippen LogP contribution is -2.48. The number of imide groups is 1. The highest BCUT2D eigenvalue weighted by molar-refractivity contribution is 8.18. The van der Waals surface area contributed by atoms with Crippen LogP contribution in [0.2, 0.25) is 0 Å². The summed E-state index contributed by atoms with van der Waals surface area (Å²) in [4.78, 5) is 40.9. The number of anilines is 1. The molecule has 6 nitrogen and oxygen atoms in total. The molecule has 1 heterocycles. The van der Waals surface area contributed by atoms with E-state index in [0.29, 0.717) is 16.3 Å². The van der Waals surface area contributed by atoms with Crippen molar-refractivity contribution in [3.8, 4) is 5.75 Å². The minimum Gasteiger partial charge on any atom is -0.496 e. The van der Waals surface area contributed by atoms with Crippen molar-refractivity contribution < 1.29 is 19.1 Å². The van der Waals surface area contributed by atoms with Crippen LogP contribution in [-0.4, -0.2) is 41.9 Å². The Balaban J connectivity index is 1.21. The monoisotopic (exact) mass is 548 g/mol. The van der Waals surface area contributed by atoms with E-state index in [1.165, 1.54) is 44.1 Å². The molecule has 1 saturated heterocycles. The number of hydrogen-bond donors (Lipinski definition) is 1. The second kappa shape index (κ2) is 10.1. The average Bonchev–Trinajstić information content (AvgIpc) is 3.15. The summed E-state index contributed by atoms with van der Waals surface area (Å²) in [6.45, 7) is -0.323. The maximum absolute atomic E-state index is 13.2. The van der Waals surface area contributed by atoms with Gasteiger partial charge in [0.15, 0.2) is 0 Å². The van der Waals surface area contributed by atoms with Crippen LogP contribution in [0.3, 0.4) is 0 Å². The number of hydrogen-bond acceptors (Lipinski definition) is 6. The highest BCUT2D eigenvalue weighted by Gasteiger charge is 2.51. The molecule has 3 amide bonds. The van der Waals surface area contributed by atoms with E-state index in [1.54, 1.807) is 31.0 Å². The standard InChI is InChI=1S/C30H32N2O4S2/c1-36-25-7-6-22(30-14-18-8-19(15-30)10-20(9-18)16-30)11-21(25)12-26-28(34)32(29(35)38-26)17-27(33)31-23-4-3-5-24(13-23)37-2/h3-7,11-13,18-20H,8-10,14-17H2,1-2H3,(H,31,33)/b26-12+. The number of methoxy groups -OCH3 is 1. The Bertz CT molecular complexity index is 1300. The van der Waals surface area contributed by atoms with E-state index >= 15 is 0 Å². The van der Waals surface area contributed by atoms with E-state index in [2.05, 4.69) is 17.4 Å². The highest BCUT2D eigenvalue weighted by Crippen LogP contribution is 2.61. The first-order valence-corrected chi connectivity index (χ1v) is 15.3. The van der Waals surface area contributed by atoms with E-state index in [0.717, 1.165) is 44.9 Å². The Morgan fingerprint density at radius 3 is 2.47 bits per heavy atom. The molecule has 4 saturated carbocycles. The third-order valence-electron chi connectivity index (χ3n) is 8.70. The number of ether oxygens (including phenoxy) is 1. The quantitative estimate of drug-likeness (QED) is 0.312. The normalized spacial score (nSPS) is 28.8. The fourth-order valence-electron chi connectivity index (χ4n) is 7.46. The predicted molar refractivity (Wildman–Crippen MR) is 152 cm³/mol. The molecule has 2 aromatic rings. The lowest BCUT2D eigenvalue weighted by Gasteiger charge is -2.57. The largest absolute Gasteiger partial charge is 0.496 e. The summed E-state index contributed by atoms with van der Waals surface area (Å²) in [6.07, 6.45) is 11.6. The Hall–Kier alpha value is -2.71. The van der Waals surface area contributed by atoms with Crippen LogP contribution in [0.1, 0.15) is 49.7 Å². The van der Waals surface area contributed by atoms with E-state index in [-0.39, 0.29) is 12.0 Å². The number of rotatable bonds is 7. The lowest BCUT2D eigenvalue weighted by molar-refractivity contribution is -0.127. The third kappa shape index (κ3) is 4.77. The smallest absolute Gasteiger partial charge is 0.294 e. The molecule has 7 rings (SSSR count). The number of carbonyl (C=O) groups is 3. The van der Waals surface area contributed by atoms with Crippen LogP contribution in [0.25, 0.3) is 6.08 Å². The predicted octanol–water partition coefficient (Wildman–Crippen LogP) is 6.56. The van der Waals surface area contributed by atoms with E-state index in [1.807, 2.05) is 30.5 Å². The fourth-order valence-corrected chi connectivity index (χ4v) is 8.75. The molecule has 0 atom stereocenters. The SMILES string of the molecule is COc1ccc(C23CC4CC(CC(C4)C2)C3)cc1/C=C1/SC(=O)N(CC(=O)Nc2cccc(SC)c2)C1=O. The van der Waals surface area contributed by atoms with Gasteiger partial charge < -0.3 is 10.1 Å². The van der Waals surface area contributed by atoms with E-state index in [9.17, 15) is 14.4 Å². The summed E-state index contributed by atoms with van der Waals surface area (Å²) in [6, 6.07) is 13.8. The van der Waals surface area contributed by atoms with Gasteiger partial charge in [0.05, 0.1) is 12.0 Å². The first kappa shape index (κ1) is 25.6. The van der Waals surface area contributed by atoms with Crippen molar-refractivity contribution in [2.75, 3.05) is 25.2 Å². The van der Waals surface area contributed by atoms with Gasteiger partial charge in [-0.25, -0.2) is 0 Å². The molecule has 2 aromatic carbocycles. The topological polar surface area (TPSA) is 75.7 Å². The highest BCUT2D eigenvalue weighted by atomic mass is 32.2. The maximum atomic E-state index is 13.2. The summed E-state index contributed by atoms with van der Waals surface area (Å²) in [5.74, 6) is 2.31. The second-order valence-electron chi connectivity index (χ2n) is 11.2. The molecule has 38 heavy (non-hydrogen) atoms. The fraction of sp³-hybridized carbons (Fsp3) is 0.433. The average molecular weight is 549 g/mol. The lowest BCUT2D eigenvalue weighted by atomic mass is 9.48. The van der Waals surface area contributed by atoms with Crippen LogP contribution in [0, 0.1) is 17.8 Å². The number of nitrogens with one attached hydrogen (secondary N) is 1. The molecule has 198 valence electrons. The zero-order valence-corrected chi connectivity index (χ0v) is 23.3. The summed E-state index contributed by atoms with van der Waals surface area (Å²) in [5, 5.41) is 2.35. The van der Waals surface area contributed by atoms with Crippen LogP contribution in [-0.2, 0) is 15.0 Å². The molecule has 0 spiro atoms. The number of benzene rings is 2. The Labute approximate surface area is 231 Å². The number of amides is 3. The molecule has 5 aliphatic rings. The van der Waals surface area contributed by atoms with Crippen molar-refractivity contribution >= 4 is 52.3 Å². The van der Waals surface area contributed by atoms with Gasteiger partial charge >= 0.3 is 0 Å². The molecule has 5 fully saturated rings. The Kier molecular flexibility index (Phi) is 6.80. The third-order valence-corrected chi connectivity index (χ3v) is 10.3. The second-order valence-corrected chi connectivity index (χ2v) is 13.1. The van der Waals surface area contributed by atoms with Gasteiger partial charge in [0.1, 0.15) is 12.3 Å². The van der Waals surface area contributed by atoms with Gasteiger partial charge in [0, 0.05) is 16.1 Å². The number of carbonyl (C=O) groups excluding carboxylic acids is 3. The van der Waals surface area contributed by atoms with Gasteiger partial charge in [-0.05, 0) is 122 Å². The summed E-state index contributed by atoms with van der Waals surface area (Å²) < 4.78 is 5.64.